The molecule has 3 nitrogen and oxygen atoms in total. The molecule has 0 fully saturated rings. The molecule has 1 aromatic heterocycles. The number of pyridine rings is 1. The third kappa shape index (κ3) is 2.75. The highest BCUT2D eigenvalue weighted by molar-refractivity contribution is 6.33. The van der Waals surface area contributed by atoms with Crippen LogP contribution in [0.3, 0.4) is 0 Å². The standard InChI is InChI=1S/C11H18ClN3/c1-4-8(3)15(5-2)11-10(12)6-9(13)7-14-11/h6-8H,4-5,13H2,1-3H3. The largest absolute Gasteiger partial charge is 0.397 e. The van der Waals surface area contributed by atoms with Crippen LogP contribution in [0.25, 0.3) is 0 Å². The van der Waals surface area contributed by atoms with Crippen LogP contribution in [0.5, 0.6) is 0 Å². The van der Waals surface area contributed by atoms with Crippen LogP contribution in [-0.4, -0.2) is 17.6 Å². The molecule has 4 heteroatoms. The maximum absolute atomic E-state index is 6.12. The number of nitrogens with zero attached hydrogens (tertiary/aromatic N) is 2. The average molecular weight is 228 g/mol. The summed E-state index contributed by atoms with van der Waals surface area (Å²) >= 11 is 6.12. The molecule has 0 radical (unpaired) electrons. The van der Waals surface area contributed by atoms with Gasteiger partial charge in [-0.3, -0.25) is 0 Å². The molecular formula is C11H18ClN3. The van der Waals surface area contributed by atoms with E-state index in [0.717, 1.165) is 18.8 Å². The van der Waals surface area contributed by atoms with Gasteiger partial charge in [0, 0.05) is 12.6 Å². The Morgan fingerprint density at radius 2 is 2.20 bits per heavy atom. The minimum atomic E-state index is 0.434. The summed E-state index contributed by atoms with van der Waals surface area (Å²) in [6.07, 6.45) is 2.71. The van der Waals surface area contributed by atoms with Crippen LogP contribution in [0.4, 0.5) is 11.5 Å². The van der Waals surface area contributed by atoms with E-state index < -0.39 is 0 Å². The van der Waals surface area contributed by atoms with Crippen LogP contribution in [0.1, 0.15) is 27.2 Å². The summed E-state index contributed by atoms with van der Waals surface area (Å²) in [5.41, 5.74) is 6.21. The van der Waals surface area contributed by atoms with Crippen LogP contribution in [-0.2, 0) is 0 Å². The van der Waals surface area contributed by atoms with Gasteiger partial charge in [0.25, 0.3) is 0 Å². The number of nitrogen functional groups attached to an aromatic ring is 1. The first-order valence-electron chi connectivity index (χ1n) is 5.27. The quantitative estimate of drug-likeness (QED) is 0.860. The molecule has 1 aromatic rings. The van der Waals surface area contributed by atoms with Crippen molar-refractivity contribution in [1.29, 1.82) is 0 Å². The predicted octanol–water partition coefficient (Wildman–Crippen LogP) is 2.94. The Morgan fingerprint density at radius 1 is 1.53 bits per heavy atom. The Hall–Kier alpha value is -0.960. The number of aromatic nitrogens is 1. The van der Waals surface area contributed by atoms with Gasteiger partial charge in [0.05, 0.1) is 16.9 Å². The molecule has 1 rings (SSSR count). The normalized spacial score (nSPS) is 12.5. The van der Waals surface area contributed by atoms with Gasteiger partial charge < -0.3 is 10.6 Å². The van der Waals surface area contributed by atoms with Crippen molar-refractivity contribution in [2.24, 2.45) is 0 Å². The Morgan fingerprint density at radius 3 is 2.67 bits per heavy atom. The van der Waals surface area contributed by atoms with E-state index in [9.17, 15) is 0 Å². The van der Waals surface area contributed by atoms with Crippen molar-refractivity contribution >= 4 is 23.1 Å². The molecule has 84 valence electrons. The zero-order valence-electron chi connectivity index (χ0n) is 9.50. The van der Waals surface area contributed by atoms with E-state index in [2.05, 4.69) is 30.7 Å². The van der Waals surface area contributed by atoms with Gasteiger partial charge in [-0.1, -0.05) is 18.5 Å². The highest BCUT2D eigenvalue weighted by atomic mass is 35.5. The Balaban J connectivity index is 3.01. The summed E-state index contributed by atoms with van der Waals surface area (Å²) < 4.78 is 0. The second-order valence-corrected chi connectivity index (χ2v) is 4.02. The smallest absolute Gasteiger partial charge is 0.147 e. The number of rotatable bonds is 4. The summed E-state index contributed by atoms with van der Waals surface area (Å²) in [6, 6.07) is 2.18. The zero-order valence-corrected chi connectivity index (χ0v) is 10.3. The van der Waals surface area contributed by atoms with Crippen LogP contribution in [0.2, 0.25) is 5.02 Å². The number of hydrogen-bond acceptors (Lipinski definition) is 3. The molecule has 0 amide bonds. The third-order valence-electron chi connectivity index (χ3n) is 2.58. The fourth-order valence-electron chi connectivity index (χ4n) is 1.55. The first kappa shape index (κ1) is 12.1. The SMILES string of the molecule is CCC(C)N(CC)c1ncc(N)cc1Cl. The lowest BCUT2D eigenvalue weighted by Crippen LogP contribution is -2.33. The molecule has 0 aliphatic heterocycles. The summed E-state index contributed by atoms with van der Waals surface area (Å²) in [4.78, 5) is 6.47. The average Bonchev–Trinajstić information content (AvgIpc) is 2.21. The molecule has 0 spiro atoms. The third-order valence-corrected chi connectivity index (χ3v) is 2.86. The molecule has 0 aliphatic rings. The number of anilines is 2. The fourth-order valence-corrected chi connectivity index (χ4v) is 1.83. The van der Waals surface area contributed by atoms with Gasteiger partial charge in [-0.05, 0) is 26.3 Å². The highest BCUT2D eigenvalue weighted by Gasteiger charge is 2.15. The van der Waals surface area contributed by atoms with Gasteiger partial charge in [-0.15, -0.1) is 0 Å². The minimum Gasteiger partial charge on any atom is -0.397 e. The van der Waals surface area contributed by atoms with Crippen LogP contribution in [0, 0.1) is 0 Å². The van der Waals surface area contributed by atoms with Gasteiger partial charge in [0.2, 0.25) is 0 Å². The molecule has 0 saturated carbocycles. The van der Waals surface area contributed by atoms with E-state index in [4.69, 9.17) is 17.3 Å². The molecule has 1 heterocycles. The molecule has 2 N–H and O–H groups in total. The van der Waals surface area contributed by atoms with Gasteiger partial charge in [-0.25, -0.2) is 4.98 Å². The molecule has 0 bridgehead atoms. The topological polar surface area (TPSA) is 42.2 Å². The number of nitrogens with two attached hydrogens (primary N) is 1. The number of hydrogen-bond donors (Lipinski definition) is 1. The molecule has 0 saturated heterocycles. The van der Waals surface area contributed by atoms with Crippen molar-refractivity contribution < 1.29 is 0 Å². The first-order valence-corrected chi connectivity index (χ1v) is 5.65. The summed E-state index contributed by atoms with van der Waals surface area (Å²) in [5, 5.41) is 0.622. The van der Waals surface area contributed by atoms with Crippen molar-refractivity contribution in [2.45, 2.75) is 33.2 Å². The maximum atomic E-state index is 6.12. The van der Waals surface area contributed by atoms with E-state index in [1.165, 1.54) is 0 Å². The zero-order chi connectivity index (χ0) is 11.4. The molecular weight excluding hydrogens is 210 g/mol. The summed E-state index contributed by atoms with van der Waals surface area (Å²) in [7, 11) is 0. The van der Waals surface area contributed by atoms with Crippen LogP contribution in [0.15, 0.2) is 12.3 Å². The second kappa shape index (κ2) is 5.21. The number of halogens is 1. The first-order chi connectivity index (χ1) is 7.10. The van der Waals surface area contributed by atoms with Gasteiger partial charge in [0.1, 0.15) is 5.82 Å². The van der Waals surface area contributed by atoms with Crippen molar-refractivity contribution in [2.75, 3.05) is 17.2 Å². The Kier molecular flexibility index (Phi) is 4.21. The van der Waals surface area contributed by atoms with Crippen molar-refractivity contribution in [3.63, 3.8) is 0 Å². The van der Waals surface area contributed by atoms with Crippen LogP contribution < -0.4 is 10.6 Å². The predicted molar refractivity (Wildman–Crippen MR) is 66.4 cm³/mol. The summed E-state index contributed by atoms with van der Waals surface area (Å²) in [6.45, 7) is 7.31. The lowest BCUT2D eigenvalue weighted by atomic mass is 10.2. The van der Waals surface area contributed by atoms with E-state index in [1.54, 1.807) is 12.3 Å². The van der Waals surface area contributed by atoms with Crippen molar-refractivity contribution in [3.05, 3.63) is 17.3 Å². The van der Waals surface area contributed by atoms with Gasteiger partial charge >= 0.3 is 0 Å². The van der Waals surface area contributed by atoms with Crippen LogP contribution >= 0.6 is 11.6 Å². The Bertz CT molecular complexity index is 328. The highest BCUT2D eigenvalue weighted by Crippen LogP contribution is 2.26. The molecule has 15 heavy (non-hydrogen) atoms. The maximum Gasteiger partial charge on any atom is 0.147 e. The summed E-state index contributed by atoms with van der Waals surface area (Å²) in [5.74, 6) is 0.822. The molecule has 1 atom stereocenters. The monoisotopic (exact) mass is 227 g/mol. The molecule has 1 unspecified atom stereocenters. The molecule has 0 aliphatic carbocycles. The van der Waals surface area contributed by atoms with Gasteiger partial charge in [0.15, 0.2) is 0 Å². The van der Waals surface area contributed by atoms with E-state index in [-0.39, 0.29) is 0 Å². The van der Waals surface area contributed by atoms with E-state index in [0.29, 0.717) is 16.8 Å². The second-order valence-electron chi connectivity index (χ2n) is 3.62. The van der Waals surface area contributed by atoms with Crippen molar-refractivity contribution in [1.82, 2.24) is 4.98 Å². The van der Waals surface area contributed by atoms with E-state index in [1.807, 2.05) is 0 Å². The minimum absolute atomic E-state index is 0.434. The lowest BCUT2D eigenvalue weighted by molar-refractivity contribution is 0.623. The fraction of sp³-hybridized carbons (Fsp3) is 0.545. The lowest BCUT2D eigenvalue weighted by Gasteiger charge is -2.29. The Labute approximate surface area is 96.2 Å². The van der Waals surface area contributed by atoms with Crippen molar-refractivity contribution in [3.8, 4) is 0 Å². The molecule has 0 aromatic carbocycles. The van der Waals surface area contributed by atoms with E-state index >= 15 is 0 Å². The van der Waals surface area contributed by atoms with Gasteiger partial charge in [-0.2, -0.15) is 0 Å².